The minimum absolute atomic E-state index is 0.268. The second kappa shape index (κ2) is 23.2. The molecule has 0 fully saturated rings. The average Bonchev–Trinajstić information content (AvgIpc) is 2.88. The van der Waals surface area contributed by atoms with E-state index < -0.39 is 0 Å². The van der Waals surface area contributed by atoms with Crippen LogP contribution in [0.2, 0.25) is 0 Å². The maximum absolute atomic E-state index is 9.20. The third kappa shape index (κ3) is 17.7. The van der Waals surface area contributed by atoms with E-state index in [0.717, 1.165) is 103 Å². The van der Waals surface area contributed by atoms with Crippen molar-refractivity contribution in [2.75, 3.05) is 26.4 Å². The Hall–Kier alpha value is -1.73. The molecule has 0 amide bonds. The zero-order valence-electron chi connectivity index (χ0n) is 23.7. The standard InChI is InChI=1S/C30H49N3O3S2/c1-25(37)35-21-13-5-9-17-29-23-27(15-7-3-11-19-32-33-31)28(16-8-4-12-20-34)24-30(29)18-10-6-14-22-36-26(2)38/h23-24,34H,3-22H2,1-2H3. The molecule has 0 aromatic heterocycles. The molecule has 38 heavy (non-hydrogen) atoms. The lowest BCUT2D eigenvalue weighted by Crippen LogP contribution is -2.05. The van der Waals surface area contributed by atoms with Gasteiger partial charge in [0.05, 0.1) is 13.2 Å². The fourth-order valence-corrected chi connectivity index (χ4v) is 4.83. The minimum atomic E-state index is 0.268. The molecule has 0 saturated carbocycles. The van der Waals surface area contributed by atoms with Crippen LogP contribution in [0.5, 0.6) is 0 Å². The summed E-state index contributed by atoms with van der Waals surface area (Å²) in [4.78, 5) is 2.86. The number of nitrogens with zero attached hydrogens (tertiary/aromatic N) is 3. The number of hydrogen-bond donors (Lipinski definition) is 1. The molecule has 1 rings (SSSR count). The van der Waals surface area contributed by atoms with Crippen LogP contribution in [0, 0.1) is 0 Å². The molecule has 1 N–H and O–H groups in total. The van der Waals surface area contributed by atoms with E-state index >= 15 is 0 Å². The number of rotatable bonds is 23. The summed E-state index contributed by atoms with van der Waals surface area (Å²) in [6, 6.07) is 4.97. The van der Waals surface area contributed by atoms with Crippen molar-refractivity contribution in [2.45, 2.75) is 117 Å². The Morgan fingerprint density at radius 1 is 0.684 bits per heavy atom. The summed E-state index contributed by atoms with van der Waals surface area (Å²) in [5.41, 5.74) is 14.4. The van der Waals surface area contributed by atoms with Crippen molar-refractivity contribution in [3.05, 3.63) is 44.8 Å². The smallest absolute Gasteiger partial charge is 0.156 e. The molecule has 1 aromatic rings. The highest BCUT2D eigenvalue weighted by molar-refractivity contribution is 7.80. The Kier molecular flexibility index (Phi) is 20.9. The first-order valence-electron chi connectivity index (χ1n) is 14.5. The first-order valence-corrected chi connectivity index (χ1v) is 15.3. The minimum Gasteiger partial charge on any atom is -0.487 e. The highest BCUT2D eigenvalue weighted by atomic mass is 32.1. The summed E-state index contributed by atoms with van der Waals surface area (Å²) in [5.74, 6) is 0. The molecule has 0 saturated heterocycles. The van der Waals surface area contributed by atoms with Gasteiger partial charge in [-0.2, -0.15) is 0 Å². The largest absolute Gasteiger partial charge is 0.487 e. The molecule has 0 atom stereocenters. The Bertz CT molecular complexity index is 857. The van der Waals surface area contributed by atoms with E-state index in [1.807, 2.05) is 13.8 Å². The SMILES string of the molecule is CC(=S)OCCCCCc1cc(CCCCCO)c(CCCCCN=[N+]=[N-])cc1CCCCCOC(C)=S. The van der Waals surface area contributed by atoms with Gasteiger partial charge >= 0.3 is 0 Å². The van der Waals surface area contributed by atoms with E-state index in [0.29, 0.717) is 29.9 Å². The van der Waals surface area contributed by atoms with Crippen LogP contribution < -0.4 is 0 Å². The predicted octanol–water partition coefficient (Wildman–Crippen LogP) is 8.57. The van der Waals surface area contributed by atoms with Crippen LogP contribution in [-0.2, 0) is 35.2 Å². The quantitative estimate of drug-likeness (QED) is 0.0474. The third-order valence-corrected chi connectivity index (χ3v) is 6.92. The number of unbranched alkanes of at least 4 members (excludes halogenated alkanes) is 8. The van der Waals surface area contributed by atoms with Crippen LogP contribution in [0.4, 0.5) is 0 Å². The molecule has 0 spiro atoms. The van der Waals surface area contributed by atoms with E-state index in [9.17, 15) is 5.11 Å². The van der Waals surface area contributed by atoms with Gasteiger partial charge in [0.2, 0.25) is 0 Å². The van der Waals surface area contributed by atoms with Gasteiger partial charge in [-0.1, -0.05) is 30.1 Å². The number of aryl methyl sites for hydroxylation is 4. The lowest BCUT2D eigenvalue weighted by atomic mass is 9.88. The fraction of sp³-hybridized carbons (Fsp3) is 0.733. The number of hydrogen-bond acceptors (Lipinski definition) is 6. The van der Waals surface area contributed by atoms with Crippen LogP contribution >= 0.6 is 24.4 Å². The summed E-state index contributed by atoms with van der Waals surface area (Å²) in [6.45, 7) is 5.92. The number of azide groups is 1. The number of aliphatic hydroxyl groups is 1. The van der Waals surface area contributed by atoms with E-state index in [-0.39, 0.29) is 6.61 Å². The lowest BCUT2D eigenvalue weighted by molar-refractivity contribution is 0.283. The van der Waals surface area contributed by atoms with Gasteiger partial charge in [0.25, 0.3) is 0 Å². The van der Waals surface area contributed by atoms with Gasteiger partial charge in [-0.05, 0) is 142 Å². The first-order chi connectivity index (χ1) is 18.5. The van der Waals surface area contributed by atoms with Gasteiger partial charge in [-0.3, -0.25) is 0 Å². The van der Waals surface area contributed by atoms with Crippen molar-refractivity contribution in [3.63, 3.8) is 0 Å². The monoisotopic (exact) mass is 563 g/mol. The maximum atomic E-state index is 9.20. The highest BCUT2D eigenvalue weighted by Gasteiger charge is 2.11. The molecule has 214 valence electrons. The first kappa shape index (κ1) is 34.3. The molecular weight excluding hydrogens is 514 g/mol. The zero-order chi connectivity index (χ0) is 27.8. The molecule has 0 aliphatic carbocycles. The van der Waals surface area contributed by atoms with Crippen molar-refractivity contribution >= 4 is 34.5 Å². The third-order valence-electron chi connectivity index (χ3n) is 6.69. The number of thiocarbonyl (C=S) groups is 2. The predicted molar refractivity (Wildman–Crippen MR) is 166 cm³/mol. The van der Waals surface area contributed by atoms with E-state index in [4.69, 9.17) is 39.4 Å². The molecule has 0 radical (unpaired) electrons. The van der Waals surface area contributed by atoms with Crippen molar-refractivity contribution < 1.29 is 14.6 Å². The summed E-state index contributed by atoms with van der Waals surface area (Å²) in [6.07, 6.45) is 17.1. The molecule has 0 aliphatic heterocycles. The molecule has 8 heteroatoms. The van der Waals surface area contributed by atoms with E-state index in [2.05, 4.69) is 22.2 Å². The van der Waals surface area contributed by atoms with Crippen LogP contribution in [0.15, 0.2) is 17.2 Å². The van der Waals surface area contributed by atoms with Gasteiger partial charge in [-0.15, -0.1) is 0 Å². The molecular formula is C30H49N3O3S2. The number of ether oxygens (including phenoxy) is 2. The van der Waals surface area contributed by atoms with Gasteiger partial charge in [0, 0.05) is 31.9 Å². The zero-order valence-corrected chi connectivity index (χ0v) is 25.4. The summed E-state index contributed by atoms with van der Waals surface area (Å²) in [5, 5.41) is 14.1. The van der Waals surface area contributed by atoms with Crippen LogP contribution in [0.1, 0.15) is 113 Å². The van der Waals surface area contributed by atoms with Crippen LogP contribution in [0.25, 0.3) is 10.4 Å². The van der Waals surface area contributed by atoms with E-state index in [1.54, 1.807) is 0 Å². The second-order valence-electron chi connectivity index (χ2n) is 9.99. The molecule has 0 bridgehead atoms. The van der Waals surface area contributed by atoms with Crippen molar-refractivity contribution in [1.82, 2.24) is 0 Å². The Labute approximate surface area is 241 Å². The van der Waals surface area contributed by atoms with Crippen molar-refractivity contribution in [3.8, 4) is 0 Å². The fourth-order valence-electron chi connectivity index (χ4n) is 4.67. The molecule has 1 aromatic carbocycles. The normalized spacial score (nSPS) is 10.7. The average molecular weight is 564 g/mol. The summed E-state index contributed by atoms with van der Waals surface area (Å²) < 4.78 is 10.9. The van der Waals surface area contributed by atoms with Crippen molar-refractivity contribution in [2.24, 2.45) is 5.11 Å². The van der Waals surface area contributed by atoms with Gasteiger partial charge in [0.1, 0.15) is 0 Å². The Balaban J connectivity index is 2.90. The maximum Gasteiger partial charge on any atom is 0.156 e. The topological polar surface area (TPSA) is 87.5 Å². The van der Waals surface area contributed by atoms with Gasteiger partial charge in [0.15, 0.2) is 10.1 Å². The van der Waals surface area contributed by atoms with Crippen molar-refractivity contribution in [1.29, 1.82) is 0 Å². The number of benzene rings is 1. The summed E-state index contributed by atoms with van der Waals surface area (Å²) >= 11 is 10.0. The molecule has 0 heterocycles. The molecule has 0 unspecified atom stereocenters. The molecule has 0 aliphatic rings. The van der Waals surface area contributed by atoms with Gasteiger partial charge < -0.3 is 14.6 Å². The van der Waals surface area contributed by atoms with Crippen LogP contribution in [-0.4, -0.2) is 41.6 Å². The number of aliphatic hydroxyl groups excluding tert-OH is 1. The second-order valence-corrected chi connectivity index (χ2v) is 11.1. The molecule has 6 nitrogen and oxygen atoms in total. The van der Waals surface area contributed by atoms with Gasteiger partial charge in [-0.25, -0.2) is 0 Å². The Morgan fingerprint density at radius 3 is 1.45 bits per heavy atom. The summed E-state index contributed by atoms with van der Waals surface area (Å²) in [7, 11) is 0. The Morgan fingerprint density at radius 2 is 1.08 bits per heavy atom. The lowest BCUT2D eigenvalue weighted by Gasteiger charge is -2.18. The highest BCUT2D eigenvalue weighted by Crippen LogP contribution is 2.25. The van der Waals surface area contributed by atoms with Crippen LogP contribution in [0.3, 0.4) is 0 Å². The van der Waals surface area contributed by atoms with E-state index in [1.165, 1.54) is 22.3 Å².